The fourth-order valence-electron chi connectivity index (χ4n) is 3.63. The Labute approximate surface area is 200 Å². The van der Waals surface area contributed by atoms with Crippen LogP contribution in [0.3, 0.4) is 0 Å². The fraction of sp³-hybridized carbons (Fsp3) is 0.417. The molecule has 1 aromatic carbocycles. The van der Waals surface area contributed by atoms with Gasteiger partial charge in [-0.3, -0.25) is 9.78 Å². The summed E-state index contributed by atoms with van der Waals surface area (Å²) in [6, 6.07) is 10.0. The molecule has 1 amide bonds. The Kier molecular flexibility index (Phi) is 7.88. The van der Waals surface area contributed by atoms with E-state index in [0.29, 0.717) is 36.6 Å². The van der Waals surface area contributed by atoms with Gasteiger partial charge in [0, 0.05) is 38.5 Å². The smallest absolute Gasteiger partial charge is 0.242 e. The number of methoxy groups -OCH3 is 1. The summed E-state index contributed by atoms with van der Waals surface area (Å²) < 4.78 is 17.4. The molecule has 0 unspecified atom stereocenters. The number of morpholine rings is 1. The monoisotopic (exact) mass is 470 g/mol. The van der Waals surface area contributed by atoms with Crippen molar-refractivity contribution in [1.29, 1.82) is 0 Å². The van der Waals surface area contributed by atoms with E-state index in [1.807, 2.05) is 44.2 Å². The minimum absolute atomic E-state index is 0. The Morgan fingerprint density at radius 3 is 2.64 bits per heavy atom. The maximum Gasteiger partial charge on any atom is 0.242 e. The lowest BCUT2D eigenvalue weighted by molar-refractivity contribution is -0.137. The molecule has 3 aromatic rings. The van der Waals surface area contributed by atoms with Crippen LogP contribution in [0.15, 0.2) is 42.7 Å². The van der Waals surface area contributed by atoms with Crippen LogP contribution in [-0.4, -0.2) is 65.3 Å². The summed E-state index contributed by atoms with van der Waals surface area (Å²) in [5.74, 6) is 0.435. The lowest BCUT2D eigenvalue weighted by atomic mass is 9.96. The summed E-state index contributed by atoms with van der Waals surface area (Å²) in [7, 11) is 1.70. The minimum Gasteiger partial charge on any atom is -0.473 e. The van der Waals surface area contributed by atoms with Gasteiger partial charge in [-0.25, -0.2) is 9.97 Å². The number of aromatic nitrogens is 3. The molecule has 0 N–H and O–H groups in total. The molecule has 1 fully saturated rings. The maximum absolute atomic E-state index is 11.7. The highest BCUT2D eigenvalue weighted by atomic mass is 32.1. The van der Waals surface area contributed by atoms with Crippen LogP contribution in [-0.2, 0) is 19.9 Å². The normalized spacial score (nSPS) is 16.4. The topological polar surface area (TPSA) is 86.7 Å². The highest BCUT2D eigenvalue weighted by molar-refractivity contribution is 7.59. The first-order chi connectivity index (χ1) is 15.4. The maximum atomic E-state index is 11.7. The number of benzene rings is 1. The van der Waals surface area contributed by atoms with E-state index in [1.165, 1.54) is 0 Å². The standard InChI is InChI=1S/C24H28N4O4.H2S/c1-16(29)28-11-12-31-19(14-28)15-32-23-22-21(25-9-10-26-22)13-20(27-23)17-5-7-18(8-6-17)24(2,3)30-4;/h5-10,13,19H,11-12,14-15H2,1-4H3;1H2/t19-;/m0./s1. The van der Waals surface area contributed by atoms with Gasteiger partial charge < -0.3 is 19.1 Å². The minimum atomic E-state index is -0.372. The summed E-state index contributed by atoms with van der Waals surface area (Å²) >= 11 is 0. The molecule has 0 bridgehead atoms. The molecule has 1 atom stereocenters. The summed E-state index contributed by atoms with van der Waals surface area (Å²) in [5, 5.41) is 0. The first kappa shape index (κ1) is 24.9. The van der Waals surface area contributed by atoms with Gasteiger partial charge in [0.2, 0.25) is 11.8 Å². The summed E-state index contributed by atoms with van der Waals surface area (Å²) in [5.41, 5.74) is 3.67. The number of carbonyl (C=O) groups is 1. The zero-order chi connectivity index (χ0) is 22.7. The molecule has 9 heteroatoms. The van der Waals surface area contributed by atoms with Crippen molar-refractivity contribution in [3.63, 3.8) is 0 Å². The van der Waals surface area contributed by atoms with Crippen molar-refractivity contribution in [3.05, 3.63) is 48.3 Å². The second kappa shape index (κ2) is 10.5. The van der Waals surface area contributed by atoms with Gasteiger partial charge in [-0.1, -0.05) is 24.3 Å². The van der Waals surface area contributed by atoms with Crippen molar-refractivity contribution in [3.8, 4) is 17.1 Å². The number of pyridine rings is 1. The molecule has 176 valence electrons. The molecule has 4 rings (SSSR count). The van der Waals surface area contributed by atoms with Gasteiger partial charge in [0.25, 0.3) is 0 Å². The molecule has 0 aliphatic carbocycles. The number of amides is 1. The molecule has 1 aliphatic rings. The van der Waals surface area contributed by atoms with Crippen molar-refractivity contribution in [1.82, 2.24) is 19.9 Å². The molecule has 1 aliphatic heterocycles. The number of hydrogen-bond donors (Lipinski definition) is 0. The Morgan fingerprint density at radius 1 is 1.21 bits per heavy atom. The average Bonchev–Trinajstić information content (AvgIpc) is 2.82. The lowest BCUT2D eigenvalue weighted by Gasteiger charge is -2.32. The molecule has 2 aromatic heterocycles. The van der Waals surface area contributed by atoms with Crippen LogP contribution in [0.4, 0.5) is 0 Å². The van der Waals surface area contributed by atoms with Crippen LogP contribution in [0, 0.1) is 0 Å². The van der Waals surface area contributed by atoms with Gasteiger partial charge in [0.15, 0.2) is 5.52 Å². The van der Waals surface area contributed by atoms with Crippen LogP contribution >= 0.6 is 13.5 Å². The number of hydrogen-bond acceptors (Lipinski definition) is 7. The summed E-state index contributed by atoms with van der Waals surface area (Å²) in [4.78, 5) is 27.0. The van der Waals surface area contributed by atoms with Crippen LogP contribution < -0.4 is 4.74 Å². The van der Waals surface area contributed by atoms with Gasteiger partial charge in [-0.2, -0.15) is 13.5 Å². The quantitative estimate of drug-likeness (QED) is 0.546. The number of ether oxygens (including phenoxy) is 3. The number of carbonyl (C=O) groups excluding carboxylic acids is 1. The molecular weight excluding hydrogens is 440 g/mol. The van der Waals surface area contributed by atoms with E-state index in [4.69, 9.17) is 19.2 Å². The summed E-state index contributed by atoms with van der Waals surface area (Å²) in [6.45, 7) is 7.48. The Morgan fingerprint density at radius 2 is 1.94 bits per heavy atom. The second-order valence-corrected chi connectivity index (χ2v) is 8.30. The molecular formula is C24H30N4O4S. The van der Waals surface area contributed by atoms with E-state index in [-0.39, 0.29) is 37.7 Å². The molecule has 0 radical (unpaired) electrons. The van der Waals surface area contributed by atoms with E-state index in [9.17, 15) is 4.79 Å². The second-order valence-electron chi connectivity index (χ2n) is 8.30. The first-order valence-electron chi connectivity index (χ1n) is 10.6. The Bertz CT molecular complexity index is 1110. The van der Waals surface area contributed by atoms with Gasteiger partial charge in [-0.05, 0) is 25.5 Å². The third-order valence-corrected chi connectivity index (χ3v) is 5.80. The van der Waals surface area contributed by atoms with Crippen molar-refractivity contribution in [2.75, 3.05) is 33.4 Å². The van der Waals surface area contributed by atoms with Crippen LogP contribution in [0.25, 0.3) is 22.3 Å². The molecule has 3 heterocycles. The van der Waals surface area contributed by atoms with E-state index < -0.39 is 0 Å². The zero-order valence-corrected chi connectivity index (χ0v) is 20.4. The summed E-state index contributed by atoms with van der Waals surface area (Å²) in [6.07, 6.45) is 3.04. The first-order valence-corrected chi connectivity index (χ1v) is 10.6. The van der Waals surface area contributed by atoms with Crippen molar-refractivity contribution >= 4 is 30.4 Å². The third kappa shape index (κ3) is 5.61. The predicted molar refractivity (Wildman–Crippen MR) is 131 cm³/mol. The SMILES string of the molecule is COC(C)(C)c1ccc(-c2cc3nccnc3c(OC[C@@H]3CN(C(C)=O)CCO3)n2)cc1.S. The Balaban J connectivity index is 0.00000306. The lowest BCUT2D eigenvalue weighted by Crippen LogP contribution is -2.46. The Hall–Kier alpha value is -2.75. The molecule has 0 saturated carbocycles. The highest BCUT2D eigenvalue weighted by Gasteiger charge is 2.24. The van der Waals surface area contributed by atoms with Gasteiger partial charge >= 0.3 is 0 Å². The largest absolute Gasteiger partial charge is 0.473 e. The van der Waals surface area contributed by atoms with Crippen molar-refractivity contribution in [2.24, 2.45) is 0 Å². The van der Waals surface area contributed by atoms with E-state index in [2.05, 4.69) is 9.97 Å². The number of fused-ring (bicyclic) bond motifs is 1. The average molecular weight is 471 g/mol. The van der Waals surface area contributed by atoms with Crippen LogP contribution in [0.1, 0.15) is 26.3 Å². The van der Waals surface area contributed by atoms with Crippen LogP contribution in [0.2, 0.25) is 0 Å². The third-order valence-electron chi connectivity index (χ3n) is 5.80. The fourth-order valence-corrected chi connectivity index (χ4v) is 3.63. The molecule has 33 heavy (non-hydrogen) atoms. The predicted octanol–water partition coefficient (Wildman–Crippen LogP) is 3.31. The van der Waals surface area contributed by atoms with Gasteiger partial charge in [0.05, 0.1) is 30.0 Å². The van der Waals surface area contributed by atoms with Crippen LogP contribution in [0.5, 0.6) is 5.88 Å². The van der Waals surface area contributed by atoms with Gasteiger partial charge in [0.1, 0.15) is 12.7 Å². The van der Waals surface area contributed by atoms with Gasteiger partial charge in [-0.15, -0.1) is 0 Å². The highest BCUT2D eigenvalue weighted by Crippen LogP contribution is 2.30. The zero-order valence-electron chi connectivity index (χ0n) is 19.4. The van der Waals surface area contributed by atoms with E-state index in [0.717, 1.165) is 16.8 Å². The molecule has 1 saturated heterocycles. The van der Waals surface area contributed by atoms with E-state index in [1.54, 1.807) is 31.3 Å². The van der Waals surface area contributed by atoms with Crippen molar-refractivity contribution < 1.29 is 19.0 Å². The number of rotatable bonds is 6. The van der Waals surface area contributed by atoms with E-state index >= 15 is 0 Å². The van der Waals surface area contributed by atoms with Crippen molar-refractivity contribution in [2.45, 2.75) is 32.5 Å². The number of nitrogens with zero attached hydrogens (tertiary/aromatic N) is 4. The molecule has 8 nitrogen and oxygen atoms in total. The molecule has 0 spiro atoms.